The molecule has 0 spiro atoms. The molecule has 0 bridgehead atoms. The van der Waals surface area contributed by atoms with Crippen LogP contribution < -0.4 is 10.2 Å². The molecule has 0 radical (unpaired) electrons. The van der Waals surface area contributed by atoms with E-state index in [0.717, 1.165) is 24.6 Å². The molecule has 1 N–H and O–H groups in total. The summed E-state index contributed by atoms with van der Waals surface area (Å²) in [5.74, 6) is 1.74. The smallest absolute Gasteiger partial charge is 0.224 e. The van der Waals surface area contributed by atoms with Crippen molar-refractivity contribution in [2.45, 2.75) is 51.4 Å². The minimum atomic E-state index is 0.137. The SMILES string of the molecule is O=C(CC1CCCCC1)Nc1ccc(N2CCCC2)nc1. The molecule has 1 aliphatic heterocycles. The van der Waals surface area contributed by atoms with Crippen LogP contribution in [0.2, 0.25) is 0 Å². The van der Waals surface area contributed by atoms with Crippen LogP contribution in [0.15, 0.2) is 18.3 Å². The minimum Gasteiger partial charge on any atom is -0.357 e. The summed E-state index contributed by atoms with van der Waals surface area (Å²) in [6, 6.07) is 3.99. The van der Waals surface area contributed by atoms with Crippen LogP contribution in [0, 0.1) is 5.92 Å². The van der Waals surface area contributed by atoms with Gasteiger partial charge in [-0.3, -0.25) is 4.79 Å². The van der Waals surface area contributed by atoms with E-state index in [0.29, 0.717) is 12.3 Å². The lowest BCUT2D eigenvalue weighted by Gasteiger charge is -2.21. The fraction of sp³-hybridized carbons (Fsp3) is 0.647. The highest BCUT2D eigenvalue weighted by Gasteiger charge is 2.17. The van der Waals surface area contributed by atoms with Gasteiger partial charge in [0.05, 0.1) is 11.9 Å². The summed E-state index contributed by atoms with van der Waals surface area (Å²) >= 11 is 0. The summed E-state index contributed by atoms with van der Waals surface area (Å²) in [7, 11) is 0. The molecule has 2 aliphatic rings. The zero-order chi connectivity index (χ0) is 14.5. The van der Waals surface area contributed by atoms with Crippen molar-refractivity contribution < 1.29 is 4.79 Å². The summed E-state index contributed by atoms with van der Waals surface area (Å²) < 4.78 is 0. The summed E-state index contributed by atoms with van der Waals surface area (Å²) in [6.45, 7) is 2.20. The standard InChI is InChI=1S/C17H25N3O/c21-17(12-14-6-2-1-3-7-14)19-15-8-9-16(18-13-15)20-10-4-5-11-20/h8-9,13-14H,1-7,10-12H2,(H,19,21). The summed E-state index contributed by atoms with van der Waals surface area (Å²) in [4.78, 5) is 18.8. The van der Waals surface area contributed by atoms with Gasteiger partial charge in [-0.15, -0.1) is 0 Å². The van der Waals surface area contributed by atoms with E-state index < -0.39 is 0 Å². The second kappa shape index (κ2) is 6.92. The molecule has 2 fully saturated rings. The van der Waals surface area contributed by atoms with Crippen LogP contribution in [0.4, 0.5) is 11.5 Å². The van der Waals surface area contributed by atoms with E-state index in [2.05, 4.69) is 15.2 Å². The molecule has 3 rings (SSSR count). The number of aromatic nitrogens is 1. The van der Waals surface area contributed by atoms with E-state index in [1.807, 2.05) is 12.1 Å². The number of amides is 1. The van der Waals surface area contributed by atoms with Gasteiger partial charge in [-0.2, -0.15) is 0 Å². The van der Waals surface area contributed by atoms with Crippen molar-refractivity contribution >= 4 is 17.4 Å². The molecule has 1 aliphatic carbocycles. The number of nitrogens with one attached hydrogen (secondary N) is 1. The average molecular weight is 287 g/mol. The molecule has 1 aromatic heterocycles. The van der Waals surface area contributed by atoms with Crippen LogP contribution in [-0.4, -0.2) is 24.0 Å². The highest BCUT2D eigenvalue weighted by molar-refractivity contribution is 5.90. The van der Waals surface area contributed by atoms with Crippen molar-refractivity contribution in [2.75, 3.05) is 23.3 Å². The highest BCUT2D eigenvalue weighted by atomic mass is 16.1. The first-order chi connectivity index (χ1) is 10.3. The average Bonchev–Trinajstić information content (AvgIpc) is 3.03. The Labute approximate surface area is 126 Å². The molecule has 114 valence electrons. The largest absolute Gasteiger partial charge is 0.357 e. The van der Waals surface area contributed by atoms with Gasteiger partial charge in [0, 0.05) is 19.5 Å². The van der Waals surface area contributed by atoms with Crippen molar-refractivity contribution in [3.63, 3.8) is 0 Å². The Hall–Kier alpha value is -1.58. The molecule has 0 aromatic carbocycles. The summed E-state index contributed by atoms with van der Waals surface area (Å²) in [6.07, 6.45) is 11.3. The Balaban J connectivity index is 1.50. The maximum Gasteiger partial charge on any atom is 0.224 e. The third-order valence-electron chi connectivity index (χ3n) is 4.66. The van der Waals surface area contributed by atoms with E-state index in [-0.39, 0.29) is 5.91 Å². The number of hydrogen-bond acceptors (Lipinski definition) is 3. The molecular weight excluding hydrogens is 262 g/mol. The van der Waals surface area contributed by atoms with E-state index in [9.17, 15) is 4.79 Å². The zero-order valence-electron chi connectivity index (χ0n) is 12.7. The van der Waals surface area contributed by atoms with E-state index in [1.165, 1.54) is 44.9 Å². The van der Waals surface area contributed by atoms with Gasteiger partial charge in [0.25, 0.3) is 0 Å². The van der Waals surface area contributed by atoms with Crippen molar-refractivity contribution in [2.24, 2.45) is 5.92 Å². The third-order valence-corrected chi connectivity index (χ3v) is 4.66. The molecule has 1 saturated heterocycles. The third kappa shape index (κ3) is 3.96. The lowest BCUT2D eigenvalue weighted by molar-refractivity contribution is -0.117. The molecule has 21 heavy (non-hydrogen) atoms. The molecule has 4 nitrogen and oxygen atoms in total. The fourth-order valence-electron chi connectivity index (χ4n) is 3.46. The van der Waals surface area contributed by atoms with Gasteiger partial charge in [-0.1, -0.05) is 19.3 Å². The van der Waals surface area contributed by atoms with Gasteiger partial charge in [0.1, 0.15) is 5.82 Å². The minimum absolute atomic E-state index is 0.137. The van der Waals surface area contributed by atoms with Crippen LogP contribution >= 0.6 is 0 Å². The van der Waals surface area contributed by atoms with Gasteiger partial charge in [-0.05, 0) is 43.7 Å². The summed E-state index contributed by atoms with van der Waals surface area (Å²) in [5.41, 5.74) is 0.818. The Morgan fingerprint density at radius 3 is 2.57 bits per heavy atom. The van der Waals surface area contributed by atoms with Crippen LogP contribution in [-0.2, 0) is 4.79 Å². The number of pyridine rings is 1. The lowest BCUT2D eigenvalue weighted by atomic mass is 9.87. The number of carbonyl (C=O) groups is 1. The van der Waals surface area contributed by atoms with Gasteiger partial charge in [0.2, 0.25) is 5.91 Å². The number of hydrogen-bond donors (Lipinski definition) is 1. The topological polar surface area (TPSA) is 45.2 Å². The predicted molar refractivity (Wildman–Crippen MR) is 85.5 cm³/mol. The quantitative estimate of drug-likeness (QED) is 0.920. The molecule has 1 saturated carbocycles. The summed E-state index contributed by atoms with van der Waals surface area (Å²) in [5, 5.41) is 2.99. The maximum absolute atomic E-state index is 12.1. The second-order valence-corrected chi connectivity index (χ2v) is 6.36. The maximum atomic E-state index is 12.1. The Morgan fingerprint density at radius 1 is 1.14 bits per heavy atom. The fourth-order valence-corrected chi connectivity index (χ4v) is 3.46. The van der Waals surface area contributed by atoms with Crippen LogP contribution in [0.25, 0.3) is 0 Å². The van der Waals surface area contributed by atoms with Crippen molar-refractivity contribution in [3.8, 4) is 0 Å². The molecular formula is C17H25N3O. The van der Waals surface area contributed by atoms with Gasteiger partial charge >= 0.3 is 0 Å². The Morgan fingerprint density at radius 2 is 1.90 bits per heavy atom. The lowest BCUT2D eigenvalue weighted by Crippen LogP contribution is -2.20. The predicted octanol–water partition coefficient (Wildman–Crippen LogP) is 3.59. The first-order valence-corrected chi connectivity index (χ1v) is 8.32. The van der Waals surface area contributed by atoms with Crippen molar-refractivity contribution in [3.05, 3.63) is 18.3 Å². The second-order valence-electron chi connectivity index (χ2n) is 6.36. The first-order valence-electron chi connectivity index (χ1n) is 8.32. The van der Waals surface area contributed by atoms with Crippen LogP contribution in [0.5, 0.6) is 0 Å². The van der Waals surface area contributed by atoms with Crippen LogP contribution in [0.3, 0.4) is 0 Å². The van der Waals surface area contributed by atoms with Gasteiger partial charge in [0.15, 0.2) is 0 Å². The molecule has 0 unspecified atom stereocenters. The normalized spacial score (nSPS) is 19.7. The molecule has 1 aromatic rings. The molecule has 0 atom stereocenters. The molecule has 4 heteroatoms. The van der Waals surface area contributed by atoms with Crippen molar-refractivity contribution in [1.29, 1.82) is 0 Å². The Kier molecular flexibility index (Phi) is 4.73. The number of rotatable bonds is 4. The first kappa shape index (κ1) is 14.4. The van der Waals surface area contributed by atoms with Crippen molar-refractivity contribution in [1.82, 2.24) is 4.98 Å². The molecule has 1 amide bonds. The van der Waals surface area contributed by atoms with Crippen LogP contribution in [0.1, 0.15) is 51.4 Å². The molecule has 2 heterocycles. The van der Waals surface area contributed by atoms with Gasteiger partial charge in [-0.25, -0.2) is 4.98 Å². The van der Waals surface area contributed by atoms with E-state index in [1.54, 1.807) is 6.20 Å². The highest BCUT2D eigenvalue weighted by Crippen LogP contribution is 2.26. The monoisotopic (exact) mass is 287 g/mol. The van der Waals surface area contributed by atoms with Gasteiger partial charge < -0.3 is 10.2 Å². The van der Waals surface area contributed by atoms with E-state index in [4.69, 9.17) is 0 Å². The number of anilines is 2. The van der Waals surface area contributed by atoms with E-state index >= 15 is 0 Å². The number of carbonyl (C=O) groups excluding carboxylic acids is 1. The number of nitrogens with zero attached hydrogens (tertiary/aromatic N) is 2. The Bertz CT molecular complexity index is 459. The zero-order valence-corrected chi connectivity index (χ0v) is 12.7.